The molecule has 0 saturated carbocycles. The third-order valence-electron chi connectivity index (χ3n) is 2.60. The summed E-state index contributed by atoms with van der Waals surface area (Å²) < 4.78 is 0. The van der Waals surface area contributed by atoms with Crippen molar-refractivity contribution in [1.82, 2.24) is 10.5 Å². The molecule has 1 unspecified atom stereocenters. The van der Waals surface area contributed by atoms with Crippen LogP contribution in [0.25, 0.3) is 17.3 Å². The average molecular weight is 305 g/mol. The Bertz CT molecular complexity index is 637. The standard InChI is InChI=1S/C14H15N3O3S/c1-9(18)15-14-16-12(8-21-14)11-5-2-10(3-6-11)4-7-13(19)17-20/h2-8,13,17,19-20H,1H3,(H,15,16,18)/b7-4+. The topological polar surface area (TPSA) is 94.5 Å². The second-order valence-electron chi connectivity index (χ2n) is 4.27. The highest BCUT2D eigenvalue weighted by Crippen LogP contribution is 2.25. The molecule has 0 aliphatic heterocycles. The number of hydroxylamine groups is 1. The van der Waals surface area contributed by atoms with Gasteiger partial charge in [-0.3, -0.25) is 4.79 Å². The Morgan fingerprint density at radius 3 is 2.71 bits per heavy atom. The van der Waals surface area contributed by atoms with Gasteiger partial charge in [0.2, 0.25) is 5.91 Å². The van der Waals surface area contributed by atoms with Crippen LogP contribution in [-0.4, -0.2) is 27.4 Å². The normalized spacial score (nSPS) is 12.5. The summed E-state index contributed by atoms with van der Waals surface area (Å²) in [6, 6.07) is 7.52. The molecular weight excluding hydrogens is 290 g/mol. The smallest absolute Gasteiger partial charge is 0.223 e. The van der Waals surface area contributed by atoms with Gasteiger partial charge in [0.25, 0.3) is 0 Å². The van der Waals surface area contributed by atoms with E-state index in [9.17, 15) is 4.79 Å². The number of nitrogens with one attached hydrogen (secondary N) is 2. The van der Waals surface area contributed by atoms with Crippen molar-refractivity contribution in [2.24, 2.45) is 0 Å². The molecule has 0 radical (unpaired) electrons. The third-order valence-corrected chi connectivity index (χ3v) is 3.35. The zero-order valence-corrected chi connectivity index (χ0v) is 12.1. The van der Waals surface area contributed by atoms with Crippen molar-refractivity contribution in [2.75, 3.05) is 5.32 Å². The van der Waals surface area contributed by atoms with Crippen LogP contribution in [0.15, 0.2) is 35.7 Å². The molecule has 1 aromatic carbocycles. The third kappa shape index (κ3) is 4.47. The molecule has 1 heterocycles. The molecule has 0 aliphatic carbocycles. The van der Waals surface area contributed by atoms with Gasteiger partial charge in [0.1, 0.15) is 6.23 Å². The van der Waals surface area contributed by atoms with Gasteiger partial charge in [-0.05, 0) is 11.6 Å². The highest BCUT2D eigenvalue weighted by molar-refractivity contribution is 7.14. The van der Waals surface area contributed by atoms with E-state index in [1.165, 1.54) is 24.3 Å². The summed E-state index contributed by atoms with van der Waals surface area (Å²) >= 11 is 1.37. The summed E-state index contributed by atoms with van der Waals surface area (Å²) in [7, 11) is 0. The second kappa shape index (κ2) is 7.09. The second-order valence-corrected chi connectivity index (χ2v) is 5.13. The van der Waals surface area contributed by atoms with Crippen molar-refractivity contribution >= 4 is 28.5 Å². The summed E-state index contributed by atoms with van der Waals surface area (Å²) in [6.45, 7) is 1.44. The Morgan fingerprint density at radius 2 is 2.10 bits per heavy atom. The van der Waals surface area contributed by atoms with Crippen LogP contribution < -0.4 is 10.8 Å². The molecule has 2 aromatic rings. The van der Waals surface area contributed by atoms with Crippen LogP contribution in [0.1, 0.15) is 12.5 Å². The number of hydrogen-bond acceptors (Lipinski definition) is 6. The summed E-state index contributed by atoms with van der Waals surface area (Å²) in [5.74, 6) is -0.146. The lowest BCUT2D eigenvalue weighted by molar-refractivity contribution is -0.114. The number of benzene rings is 1. The lowest BCUT2D eigenvalue weighted by atomic mass is 10.1. The first-order valence-corrected chi connectivity index (χ1v) is 7.06. The number of aromatic nitrogens is 1. The minimum atomic E-state index is -1.09. The first-order valence-electron chi connectivity index (χ1n) is 6.18. The highest BCUT2D eigenvalue weighted by Gasteiger charge is 2.05. The number of aliphatic hydroxyl groups excluding tert-OH is 1. The minimum Gasteiger partial charge on any atom is -0.373 e. The fourth-order valence-electron chi connectivity index (χ4n) is 1.62. The first kappa shape index (κ1) is 15.3. The number of thiazole rings is 1. The molecule has 4 N–H and O–H groups in total. The van der Waals surface area contributed by atoms with Gasteiger partial charge >= 0.3 is 0 Å². The van der Waals surface area contributed by atoms with Crippen molar-refractivity contribution < 1.29 is 15.1 Å². The molecule has 6 nitrogen and oxygen atoms in total. The number of aliphatic hydroxyl groups is 1. The molecule has 1 aromatic heterocycles. The van der Waals surface area contributed by atoms with Crippen molar-refractivity contribution in [1.29, 1.82) is 0 Å². The quantitative estimate of drug-likeness (QED) is 0.501. The van der Waals surface area contributed by atoms with Crippen LogP contribution in [0.3, 0.4) is 0 Å². The van der Waals surface area contributed by atoms with Gasteiger partial charge < -0.3 is 15.6 Å². The maximum absolute atomic E-state index is 11.0. The Kier molecular flexibility index (Phi) is 5.18. The SMILES string of the molecule is CC(=O)Nc1nc(-c2ccc(/C=C/C(O)NO)cc2)cs1. The van der Waals surface area contributed by atoms with E-state index in [-0.39, 0.29) is 5.91 Å². The predicted molar refractivity (Wildman–Crippen MR) is 81.8 cm³/mol. The van der Waals surface area contributed by atoms with E-state index in [2.05, 4.69) is 10.3 Å². The molecule has 1 atom stereocenters. The van der Waals surface area contributed by atoms with Crippen molar-refractivity contribution in [3.8, 4) is 11.3 Å². The van der Waals surface area contributed by atoms with Gasteiger partial charge in [-0.15, -0.1) is 11.3 Å². The Labute approximate surface area is 125 Å². The molecule has 21 heavy (non-hydrogen) atoms. The zero-order valence-electron chi connectivity index (χ0n) is 11.3. The molecule has 7 heteroatoms. The summed E-state index contributed by atoms with van der Waals surface area (Å²) in [5, 5.41) is 22.7. The predicted octanol–water partition coefficient (Wildman–Crippen LogP) is 2.08. The average Bonchev–Trinajstić information content (AvgIpc) is 2.93. The number of rotatable bonds is 5. The lowest BCUT2D eigenvalue weighted by Gasteiger charge is -2.01. The van der Waals surface area contributed by atoms with Gasteiger partial charge in [0.15, 0.2) is 5.13 Å². The number of anilines is 1. The van der Waals surface area contributed by atoms with Gasteiger partial charge in [-0.2, -0.15) is 5.48 Å². The Morgan fingerprint density at radius 1 is 1.38 bits per heavy atom. The van der Waals surface area contributed by atoms with Gasteiger partial charge in [-0.25, -0.2) is 4.98 Å². The van der Waals surface area contributed by atoms with E-state index < -0.39 is 6.23 Å². The van der Waals surface area contributed by atoms with E-state index in [4.69, 9.17) is 10.3 Å². The number of nitrogens with zero attached hydrogens (tertiary/aromatic N) is 1. The molecule has 0 saturated heterocycles. The summed E-state index contributed by atoms with van der Waals surface area (Å²) in [6.07, 6.45) is 2.01. The van der Waals surface area contributed by atoms with Gasteiger partial charge in [-0.1, -0.05) is 30.3 Å². The van der Waals surface area contributed by atoms with E-state index in [0.717, 1.165) is 16.8 Å². The van der Waals surface area contributed by atoms with Crippen LogP contribution in [0, 0.1) is 0 Å². The molecule has 0 aliphatic rings. The van der Waals surface area contributed by atoms with Crippen LogP contribution in [0.2, 0.25) is 0 Å². The maximum Gasteiger partial charge on any atom is 0.223 e. The highest BCUT2D eigenvalue weighted by atomic mass is 32.1. The van der Waals surface area contributed by atoms with Crippen molar-refractivity contribution in [3.05, 3.63) is 41.3 Å². The van der Waals surface area contributed by atoms with Crippen LogP contribution >= 0.6 is 11.3 Å². The fourth-order valence-corrected chi connectivity index (χ4v) is 2.39. The van der Waals surface area contributed by atoms with Gasteiger partial charge in [0, 0.05) is 17.9 Å². The molecule has 110 valence electrons. The fraction of sp³-hybridized carbons (Fsp3) is 0.143. The largest absolute Gasteiger partial charge is 0.373 e. The van der Waals surface area contributed by atoms with Crippen LogP contribution in [-0.2, 0) is 4.79 Å². The number of carbonyl (C=O) groups is 1. The maximum atomic E-state index is 11.0. The molecule has 2 rings (SSSR count). The van der Waals surface area contributed by atoms with E-state index in [1.807, 2.05) is 29.6 Å². The monoisotopic (exact) mass is 305 g/mol. The molecule has 1 amide bonds. The van der Waals surface area contributed by atoms with Crippen LogP contribution in [0.4, 0.5) is 5.13 Å². The molecule has 0 bridgehead atoms. The van der Waals surface area contributed by atoms with Crippen molar-refractivity contribution in [3.63, 3.8) is 0 Å². The minimum absolute atomic E-state index is 0.146. The Hall–Kier alpha value is -2.06. The van der Waals surface area contributed by atoms with E-state index in [1.54, 1.807) is 11.6 Å². The number of hydrogen-bond donors (Lipinski definition) is 4. The molecular formula is C14H15N3O3S. The summed E-state index contributed by atoms with van der Waals surface area (Å²) in [5.41, 5.74) is 4.32. The summed E-state index contributed by atoms with van der Waals surface area (Å²) in [4.78, 5) is 15.3. The van der Waals surface area contributed by atoms with E-state index in [0.29, 0.717) is 5.13 Å². The molecule has 0 spiro atoms. The van der Waals surface area contributed by atoms with E-state index >= 15 is 0 Å². The zero-order chi connectivity index (χ0) is 15.2. The lowest BCUT2D eigenvalue weighted by Crippen LogP contribution is -2.21. The Balaban J connectivity index is 2.10. The number of carbonyl (C=O) groups excluding carboxylic acids is 1. The number of amides is 1. The molecule has 0 fully saturated rings. The first-order chi connectivity index (χ1) is 10.1. The van der Waals surface area contributed by atoms with Crippen LogP contribution in [0.5, 0.6) is 0 Å². The van der Waals surface area contributed by atoms with Gasteiger partial charge in [0.05, 0.1) is 5.69 Å². The van der Waals surface area contributed by atoms with Crippen molar-refractivity contribution in [2.45, 2.75) is 13.2 Å².